The van der Waals surface area contributed by atoms with Crippen LogP contribution in [0.3, 0.4) is 0 Å². The van der Waals surface area contributed by atoms with Crippen LogP contribution < -0.4 is 5.32 Å². The maximum absolute atomic E-state index is 14.6. The smallest absolute Gasteiger partial charge is 0.412 e. The van der Waals surface area contributed by atoms with Crippen molar-refractivity contribution in [3.8, 4) is 21.6 Å². The highest BCUT2D eigenvalue weighted by molar-refractivity contribution is 7.14. The molecule has 38 heavy (non-hydrogen) atoms. The van der Waals surface area contributed by atoms with Crippen LogP contribution in [0.4, 0.5) is 23.7 Å². The Morgan fingerprint density at radius 1 is 0.947 bits per heavy atom. The van der Waals surface area contributed by atoms with Gasteiger partial charge in [-0.15, -0.1) is 11.3 Å². The van der Waals surface area contributed by atoms with E-state index < -0.39 is 40.3 Å². The fourth-order valence-electron chi connectivity index (χ4n) is 4.44. The molecule has 1 aliphatic rings. The molecule has 1 amide bonds. The molecule has 0 spiro atoms. The summed E-state index contributed by atoms with van der Waals surface area (Å²) in [4.78, 5) is 25.1. The minimum absolute atomic E-state index is 0.143. The van der Waals surface area contributed by atoms with E-state index in [4.69, 9.17) is 4.74 Å². The Kier molecular flexibility index (Phi) is 6.71. The Bertz CT molecular complexity index is 1530. The van der Waals surface area contributed by atoms with Gasteiger partial charge in [0.25, 0.3) is 0 Å². The van der Waals surface area contributed by atoms with E-state index in [0.29, 0.717) is 28.8 Å². The summed E-state index contributed by atoms with van der Waals surface area (Å²) in [6.07, 6.45) is -0.816. The van der Waals surface area contributed by atoms with Gasteiger partial charge in [-0.3, -0.25) is 10.1 Å². The van der Waals surface area contributed by atoms with Gasteiger partial charge in [-0.1, -0.05) is 48.5 Å². The molecule has 1 aromatic heterocycles. The quantitative estimate of drug-likeness (QED) is 0.251. The van der Waals surface area contributed by atoms with Gasteiger partial charge in [-0.25, -0.2) is 13.6 Å². The number of thiophene rings is 1. The number of carboxylic acid groups (broad SMARTS) is 1. The second kappa shape index (κ2) is 9.98. The van der Waals surface area contributed by atoms with Crippen molar-refractivity contribution in [2.45, 2.75) is 31.3 Å². The Morgan fingerprint density at radius 3 is 2.34 bits per heavy atom. The van der Waals surface area contributed by atoms with E-state index in [-0.39, 0.29) is 11.3 Å². The van der Waals surface area contributed by atoms with E-state index in [2.05, 4.69) is 5.32 Å². The molecule has 194 valence electrons. The van der Waals surface area contributed by atoms with Gasteiger partial charge in [-0.2, -0.15) is 4.39 Å². The number of hydrogen-bond donors (Lipinski definition) is 2. The molecule has 0 radical (unpaired) electrons. The van der Waals surface area contributed by atoms with Crippen molar-refractivity contribution in [1.82, 2.24) is 0 Å². The lowest BCUT2D eigenvalue weighted by Gasteiger charge is -2.17. The molecule has 1 unspecified atom stereocenters. The topological polar surface area (TPSA) is 75.6 Å². The van der Waals surface area contributed by atoms with Crippen molar-refractivity contribution >= 4 is 29.1 Å². The van der Waals surface area contributed by atoms with Crippen LogP contribution in [-0.4, -0.2) is 17.2 Å². The fourth-order valence-corrected chi connectivity index (χ4v) is 5.31. The highest BCUT2D eigenvalue weighted by atomic mass is 32.1. The van der Waals surface area contributed by atoms with E-state index in [1.165, 1.54) is 13.0 Å². The first kappa shape index (κ1) is 25.5. The zero-order valence-corrected chi connectivity index (χ0v) is 21.0. The Labute approximate surface area is 220 Å². The molecule has 1 aliphatic carbocycles. The van der Waals surface area contributed by atoms with Gasteiger partial charge in [0.2, 0.25) is 0 Å². The third-order valence-corrected chi connectivity index (χ3v) is 7.65. The minimum Gasteiger partial charge on any atom is -0.481 e. The molecular weight excluding hydrogens is 515 g/mol. The van der Waals surface area contributed by atoms with Crippen molar-refractivity contribution in [2.24, 2.45) is 0 Å². The lowest BCUT2D eigenvalue weighted by molar-refractivity contribution is -0.140. The van der Waals surface area contributed by atoms with Crippen molar-refractivity contribution in [3.05, 3.63) is 101 Å². The molecular formula is C29H22F3NO4S. The van der Waals surface area contributed by atoms with Crippen LogP contribution in [0.2, 0.25) is 0 Å². The van der Waals surface area contributed by atoms with Crippen LogP contribution in [-0.2, 0) is 14.9 Å². The molecule has 5 rings (SSSR count). The molecule has 1 saturated carbocycles. The van der Waals surface area contributed by atoms with Crippen LogP contribution in [0.15, 0.2) is 72.8 Å². The van der Waals surface area contributed by atoms with E-state index >= 15 is 0 Å². The average Bonchev–Trinajstić information content (AvgIpc) is 3.64. The second-order valence-electron chi connectivity index (χ2n) is 9.15. The van der Waals surface area contributed by atoms with Crippen LogP contribution in [0.5, 0.6) is 0 Å². The first-order chi connectivity index (χ1) is 18.2. The summed E-state index contributed by atoms with van der Waals surface area (Å²) in [6, 6.07) is 19.0. The van der Waals surface area contributed by atoms with Gasteiger partial charge in [-0.05, 0) is 60.2 Å². The lowest BCUT2D eigenvalue weighted by atomic mass is 9.89. The standard InChI is InChI=1S/C29H22F3NO4S/c1-16(18-7-10-22(30)23(31)13-18)37-28(36)33-24-15-25(32)38-26(24)21-14-19(29(11-12-29)27(34)35)8-9-20(21)17-5-3-2-4-6-17/h2-10,13-16H,11-12H2,1H3,(H,33,36)(H,34,35). The Balaban J connectivity index is 1.49. The molecule has 1 heterocycles. The van der Waals surface area contributed by atoms with Gasteiger partial charge in [0.1, 0.15) is 6.10 Å². The van der Waals surface area contributed by atoms with Crippen LogP contribution in [0.25, 0.3) is 21.6 Å². The largest absolute Gasteiger partial charge is 0.481 e. The van der Waals surface area contributed by atoms with Crippen LogP contribution in [0.1, 0.15) is 37.0 Å². The number of halogens is 3. The number of benzene rings is 3. The van der Waals surface area contributed by atoms with Crippen molar-refractivity contribution in [2.75, 3.05) is 5.32 Å². The monoisotopic (exact) mass is 537 g/mol. The summed E-state index contributed by atoms with van der Waals surface area (Å²) in [7, 11) is 0. The van der Waals surface area contributed by atoms with E-state index in [0.717, 1.165) is 40.7 Å². The van der Waals surface area contributed by atoms with Crippen LogP contribution >= 0.6 is 11.3 Å². The Hall–Kier alpha value is -4.11. The maximum atomic E-state index is 14.6. The van der Waals surface area contributed by atoms with Gasteiger partial charge >= 0.3 is 12.1 Å². The summed E-state index contributed by atoms with van der Waals surface area (Å²) in [5.41, 5.74) is 2.16. The third kappa shape index (κ3) is 4.89. The molecule has 0 bridgehead atoms. The summed E-state index contributed by atoms with van der Waals surface area (Å²) < 4.78 is 46.8. The second-order valence-corrected chi connectivity index (χ2v) is 10.2. The maximum Gasteiger partial charge on any atom is 0.412 e. The van der Waals surface area contributed by atoms with Crippen molar-refractivity contribution < 1.29 is 32.6 Å². The average molecular weight is 538 g/mol. The molecule has 9 heteroatoms. The zero-order valence-electron chi connectivity index (χ0n) is 20.1. The number of carboxylic acids is 1. The number of carbonyl (C=O) groups excluding carboxylic acids is 1. The molecule has 0 aliphatic heterocycles. The first-order valence-electron chi connectivity index (χ1n) is 11.8. The number of amides is 1. The number of ether oxygens (including phenoxy) is 1. The minimum atomic E-state index is -1.07. The first-order valence-corrected chi connectivity index (χ1v) is 12.7. The molecule has 5 nitrogen and oxygen atoms in total. The predicted molar refractivity (Wildman–Crippen MR) is 139 cm³/mol. The zero-order chi connectivity index (χ0) is 27.0. The highest BCUT2D eigenvalue weighted by Crippen LogP contribution is 2.51. The summed E-state index contributed by atoms with van der Waals surface area (Å²) in [5, 5.41) is 11.8. The van der Waals surface area contributed by atoms with Gasteiger partial charge in [0.15, 0.2) is 16.8 Å². The highest BCUT2D eigenvalue weighted by Gasteiger charge is 2.52. The van der Waals surface area contributed by atoms with E-state index in [1.807, 2.05) is 36.4 Å². The number of aliphatic carboxylic acids is 1. The van der Waals surface area contributed by atoms with Gasteiger partial charge < -0.3 is 9.84 Å². The number of carbonyl (C=O) groups is 2. The Morgan fingerprint density at radius 2 is 1.68 bits per heavy atom. The predicted octanol–water partition coefficient (Wildman–Crippen LogP) is 7.93. The van der Waals surface area contributed by atoms with E-state index in [9.17, 15) is 27.9 Å². The number of hydrogen-bond acceptors (Lipinski definition) is 4. The summed E-state index contributed by atoms with van der Waals surface area (Å²) >= 11 is 0.810. The summed E-state index contributed by atoms with van der Waals surface area (Å²) in [6.45, 7) is 1.50. The SMILES string of the molecule is CC(OC(=O)Nc1cc(F)sc1-c1cc(C2(C(=O)O)CC2)ccc1-c1ccccc1)c1ccc(F)c(F)c1. The van der Waals surface area contributed by atoms with Crippen molar-refractivity contribution in [3.63, 3.8) is 0 Å². The van der Waals surface area contributed by atoms with Gasteiger partial charge in [0, 0.05) is 11.6 Å². The van der Waals surface area contributed by atoms with Crippen LogP contribution in [0, 0.1) is 16.8 Å². The number of nitrogens with one attached hydrogen (secondary N) is 1. The third-order valence-electron chi connectivity index (χ3n) is 6.70. The van der Waals surface area contributed by atoms with E-state index in [1.54, 1.807) is 12.1 Å². The molecule has 2 N–H and O–H groups in total. The lowest BCUT2D eigenvalue weighted by Crippen LogP contribution is -2.19. The molecule has 0 saturated heterocycles. The molecule has 1 fully saturated rings. The number of rotatable bonds is 7. The van der Waals surface area contributed by atoms with Gasteiger partial charge in [0.05, 0.1) is 16.0 Å². The summed E-state index contributed by atoms with van der Waals surface area (Å²) in [5.74, 6) is -3.00. The molecule has 4 aromatic rings. The van der Waals surface area contributed by atoms with Crippen molar-refractivity contribution in [1.29, 1.82) is 0 Å². The molecule has 3 aromatic carbocycles. The normalized spacial score (nSPS) is 14.5. The fraction of sp³-hybridized carbons (Fsp3) is 0.172. The molecule has 1 atom stereocenters. The number of anilines is 1.